The molecule has 1 unspecified atom stereocenters. The van der Waals surface area contributed by atoms with E-state index in [1.165, 1.54) is 0 Å². The molecule has 2 atom stereocenters. The van der Waals surface area contributed by atoms with Crippen LogP contribution in [0, 0.1) is 0 Å². The Balaban J connectivity index is 2.36. The minimum Gasteiger partial charge on any atom is -0.664 e. The Labute approximate surface area is 192 Å². The summed E-state index contributed by atoms with van der Waals surface area (Å²) in [5, 5.41) is 10.4. The smallest absolute Gasteiger partial charge is 0.423 e. The molecular formula is C22H30BrO7Si+. The summed E-state index contributed by atoms with van der Waals surface area (Å²) in [6.07, 6.45) is -1.03. The largest absolute Gasteiger partial charge is 0.664 e. The second-order valence-corrected chi connectivity index (χ2v) is 13.7. The molecule has 0 spiro atoms. The topological polar surface area (TPSA) is 69.1 Å². The predicted molar refractivity (Wildman–Crippen MR) is 125 cm³/mol. The maximum atomic E-state index is 10.4. The van der Waals surface area contributed by atoms with Gasteiger partial charge in [-0.25, -0.2) is 0 Å². The summed E-state index contributed by atoms with van der Waals surface area (Å²) < 4.78 is 33.2. The van der Waals surface area contributed by atoms with E-state index in [0.29, 0.717) is 28.7 Å². The Bertz CT molecular complexity index is 919. The van der Waals surface area contributed by atoms with Crippen LogP contribution < -0.4 is 23.7 Å². The maximum absolute atomic E-state index is 10.4. The van der Waals surface area contributed by atoms with Gasteiger partial charge >= 0.3 is 14.1 Å². The molecule has 0 saturated heterocycles. The summed E-state index contributed by atoms with van der Waals surface area (Å²) >= 11 is 3.52. The van der Waals surface area contributed by atoms with Crippen molar-refractivity contribution in [2.24, 2.45) is 0 Å². The lowest BCUT2D eigenvalue weighted by Crippen LogP contribution is -2.47. The summed E-state index contributed by atoms with van der Waals surface area (Å²) in [5.74, 6) is 3.84. The highest BCUT2D eigenvalue weighted by molar-refractivity contribution is 9.10. The Morgan fingerprint density at radius 1 is 0.935 bits per heavy atom. The van der Waals surface area contributed by atoms with Crippen molar-refractivity contribution in [2.45, 2.75) is 31.8 Å². The lowest BCUT2D eigenvalue weighted by atomic mass is 10.00. The van der Waals surface area contributed by atoms with E-state index < -0.39 is 20.5 Å². The number of benzene rings is 2. The van der Waals surface area contributed by atoms with E-state index in [0.717, 1.165) is 15.8 Å². The Morgan fingerprint density at radius 3 is 1.97 bits per heavy atom. The summed E-state index contributed by atoms with van der Waals surface area (Å²) in [7, 11) is 4.28. The number of rotatable bonds is 7. The second-order valence-electron chi connectivity index (χ2n) is 8.09. The molecule has 2 aromatic rings. The van der Waals surface area contributed by atoms with Gasteiger partial charge in [0.05, 0.1) is 35.0 Å². The molecule has 0 bridgehead atoms. The van der Waals surface area contributed by atoms with Gasteiger partial charge in [-0.3, -0.25) is 0 Å². The van der Waals surface area contributed by atoms with E-state index in [1.807, 2.05) is 24.3 Å². The molecule has 9 heteroatoms. The van der Waals surface area contributed by atoms with Crippen LogP contribution in [0.5, 0.6) is 34.5 Å². The minimum absolute atomic E-state index is 0.203. The molecule has 31 heavy (non-hydrogen) atoms. The average Bonchev–Trinajstić information content (AvgIpc) is 2.75. The minimum atomic E-state index is -2.15. The zero-order chi connectivity index (χ0) is 22.9. The van der Waals surface area contributed by atoms with Crippen LogP contribution in [-0.2, 0) is 4.06 Å². The Morgan fingerprint density at radius 2 is 1.52 bits per heavy atom. The third-order valence-electron chi connectivity index (χ3n) is 5.17. The monoisotopic (exact) mass is 513 g/mol. The highest BCUT2D eigenvalue weighted by atomic mass is 79.9. The maximum Gasteiger partial charge on any atom is 0.423 e. The first-order valence-electron chi connectivity index (χ1n) is 9.88. The lowest BCUT2D eigenvalue weighted by molar-refractivity contribution is -0.105. The molecule has 1 aliphatic heterocycles. The molecule has 0 fully saturated rings. The van der Waals surface area contributed by atoms with Crippen molar-refractivity contribution in [1.29, 1.82) is 0 Å². The van der Waals surface area contributed by atoms with Crippen molar-refractivity contribution in [1.82, 2.24) is 0 Å². The number of ether oxygens (including phenoxy) is 5. The van der Waals surface area contributed by atoms with Gasteiger partial charge in [-0.15, -0.1) is 0 Å². The number of hydrogen-bond donors (Lipinski definition) is 1. The molecule has 170 valence electrons. The molecule has 2 aromatic carbocycles. The summed E-state index contributed by atoms with van der Waals surface area (Å²) in [5.41, 5.74) is 0.757. The van der Waals surface area contributed by atoms with Gasteiger partial charge in [0, 0.05) is 48.4 Å². The fraction of sp³-hybridized carbons (Fsp3) is 0.455. The Kier molecular flexibility index (Phi) is 6.97. The molecule has 7 nitrogen and oxygen atoms in total. The van der Waals surface area contributed by atoms with Crippen LogP contribution >= 0.6 is 15.9 Å². The number of aliphatic hydroxyl groups excluding tert-OH is 1. The van der Waals surface area contributed by atoms with Crippen molar-refractivity contribution in [2.75, 3.05) is 35.0 Å². The normalized spacial score (nSPS) is 18.2. The highest BCUT2D eigenvalue weighted by Gasteiger charge is 2.52. The van der Waals surface area contributed by atoms with E-state index in [9.17, 15) is 5.11 Å². The fourth-order valence-electron chi connectivity index (χ4n) is 3.94. The van der Waals surface area contributed by atoms with Crippen LogP contribution in [0.4, 0.5) is 0 Å². The van der Waals surface area contributed by atoms with Crippen LogP contribution in [0.3, 0.4) is 0 Å². The third-order valence-corrected chi connectivity index (χ3v) is 7.41. The quantitative estimate of drug-likeness (QED) is 0.411. The van der Waals surface area contributed by atoms with Crippen LogP contribution in [0.15, 0.2) is 28.7 Å². The van der Waals surface area contributed by atoms with Crippen molar-refractivity contribution in [3.8, 4) is 34.5 Å². The summed E-state index contributed by atoms with van der Waals surface area (Å²) in [6.45, 7) is 6.42. The number of methoxy groups -OCH3 is 4. The van der Waals surface area contributed by atoms with Gasteiger partial charge in [0.25, 0.3) is 0 Å². The van der Waals surface area contributed by atoms with Gasteiger partial charge in [-0.1, -0.05) is 15.9 Å². The molecule has 0 aliphatic carbocycles. The number of halogens is 1. The molecule has 3 rings (SSSR count). The zero-order valence-electron chi connectivity index (χ0n) is 18.9. The molecule has 1 N–H and O–H groups in total. The first-order valence-corrected chi connectivity index (χ1v) is 14.1. The number of hydrogen-bond acceptors (Lipinski definition) is 6. The van der Waals surface area contributed by atoms with Gasteiger partial charge < -0.3 is 32.8 Å². The molecular weight excluding hydrogens is 484 g/mol. The van der Waals surface area contributed by atoms with Crippen LogP contribution in [-0.4, -0.2) is 54.6 Å². The van der Waals surface area contributed by atoms with Gasteiger partial charge in [0.15, 0.2) is 0 Å². The number of aliphatic hydroxyl groups is 1. The van der Waals surface area contributed by atoms with E-state index in [1.54, 1.807) is 28.4 Å². The van der Waals surface area contributed by atoms with Crippen LogP contribution in [0.1, 0.15) is 11.7 Å². The average molecular weight is 514 g/mol. The number of fused-ring (bicyclic) bond motifs is 1. The van der Waals surface area contributed by atoms with Crippen molar-refractivity contribution < 1.29 is 32.8 Å². The molecule has 1 aliphatic rings. The van der Waals surface area contributed by atoms with Gasteiger partial charge in [0.2, 0.25) is 23.7 Å². The van der Waals surface area contributed by atoms with Gasteiger partial charge in [0.1, 0.15) is 22.8 Å². The Hall–Kier alpha value is -2.10. The van der Waals surface area contributed by atoms with Crippen LogP contribution in [0.25, 0.3) is 0 Å². The third kappa shape index (κ3) is 4.31. The van der Waals surface area contributed by atoms with Crippen molar-refractivity contribution >= 4 is 24.2 Å². The second kappa shape index (κ2) is 9.18. The van der Waals surface area contributed by atoms with Crippen molar-refractivity contribution in [3.05, 3.63) is 34.3 Å². The van der Waals surface area contributed by atoms with E-state index in [2.05, 4.69) is 39.6 Å². The molecule has 0 saturated carbocycles. The predicted octanol–water partition coefficient (Wildman–Crippen LogP) is 5.08. The van der Waals surface area contributed by atoms with Gasteiger partial charge in [-0.05, 0) is 0 Å². The van der Waals surface area contributed by atoms with Crippen LogP contribution in [0.2, 0.25) is 19.6 Å². The standard InChI is InChI=1S/C22H30BrO7Si/c1-25-14-10-15(26-2)20(16(11-14)27-3)22-19(12-24)29-18-9-13(23)8-17(28-4)21(18)30(22)31(5,6)7/h8-11,19,22,24H,12H2,1-7H3/q+1/t19-,22?/m0/s1. The molecule has 0 radical (unpaired) electrons. The first-order chi connectivity index (χ1) is 14.7. The zero-order valence-corrected chi connectivity index (χ0v) is 21.5. The SMILES string of the molecule is COc1cc(OC)c(C2[C@H](CO)Oc3cc(Br)cc(OC)c3[O+]2[Si](C)(C)C)c(OC)c1. The first kappa shape index (κ1) is 23.6. The van der Waals surface area contributed by atoms with E-state index in [4.69, 9.17) is 23.7 Å². The molecule has 0 amide bonds. The van der Waals surface area contributed by atoms with Gasteiger partial charge in [-0.2, -0.15) is 0 Å². The molecule has 1 heterocycles. The summed E-state index contributed by atoms with van der Waals surface area (Å²) in [6, 6.07) is 7.41. The van der Waals surface area contributed by atoms with E-state index in [-0.39, 0.29) is 6.61 Å². The summed E-state index contributed by atoms with van der Waals surface area (Å²) in [4.78, 5) is 0. The lowest BCUT2D eigenvalue weighted by Gasteiger charge is -2.49. The van der Waals surface area contributed by atoms with Crippen molar-refractivity contribution in [3.63, 3.8) is 0 Å². The highest BCUT2D eigenvalue weighted by Crippen LogP contribution is 2.59. The fourth-order valence-corrected chi connectivity index (χ4v) is 6.20. The molecule has 0 aromatic heterocycles. The van der Waals surface area contributed by atoms with E-state index >= 15 is 0 Å².